The second kappa shape index (κ2) is 6.72. The van der Waals surface area contributed by atoms with Crippen molar-refractivity contribution in [2.75, 3.05) is 5.32 Å². The Morgan fingerprint density at radius 1 is 1.38 bits per heavy atom. The van der Waals surface area contributed by atoms with Crippen molar-refractivity contribution in [3.63, 3.8) is 0 Å². The first kappa shape index (κ1) is 15.5. The molecule has 0 heterocycles. The molecule has 0 radical (unpaired) electrons. The van der Waals surface area contributed by atoms with Gasteiger partial charge in [-0.05, 0) is 43.4 Å². The summed E-state index contributed by atoms with van der Waals surface area (Å²) in [6.07, 6.45) is 2.66. The molecule has 5 nitrogen and oxygen atoms in total. The first-order chi connectivity index (χ1) is 9.95. The summed E-state index contributed by atoms with van der Waals surface area (Å²) in [5.74, 6) is 0.389. The van der Waals surface area contributed by atoms with Gasteiger partial charge in [0.25, 0.3) is 0 Å². The predicted molar refractivity (Wildman–Crippen MR) is 82.6 cm³/mol. The smallest absolute Gasteiger partial charge is 0.222 e. The van der Waals surface area contributed by atoms with Gasteiger partial charge in [-0.1, -0.05) is 12.1 Å². The van der Waals surface area contributed by atoms with Gasteiger partial charge in [-0.2, -0.15) is 0 Å². The first-order valence-electron chi connectivity index (χ1n) is 7.38. The maximum absolute atomic E-state index is 12.0. The minimum absolute atomic E-state index is 0.0215. The third-order valence-electron chi connectivity index (χ3n) is 3.73. The molecule has 2 atom stereocenters. The van der Waals surface area contributed by atoms with Gasteiger partial charge < -0.3 is 16.4 Å². The Labute approximate surface area is 125 Å². The monoisotopic (exact) mass is 289 g/mol. The number of carbonyl (C=O) groups is 2. The number of amides is 2. The zero-order chi connectivity index (χ0) is 15.4. The molecule has 4 N–H and O–H groups in total. The van der Waals surface area contributed by atoms with Crippen molar-refractivity contribution in [1.29, 1.82) is 0 Å². The zero-order valence-corrected chi connectivity index (χ0v) is 12.6. The summed E-state index contributed by atoms with van der Waals surface area (Å²) in [6.45, 7) is 3.39. The van der Waals surface area contributed by atoms with Crippen LogP contribution in [0.2, 0.25) is 0 Å². The lowest BCUT2D eigenvalue weighted by Gasteiger charge is -2.17. The van der Waals surface area contributed by atoms with Gasteiger partial charge >= 0.3 is 0 Å². The van der Waals surface area contributed by atoms with Crippen LogP contribution in [-0.4, -0.2) is 17.9 Å². The largest absolute Gasteiger partial charge is 0.350 e. The molecule has 0 aromatic heterocycles. The van der Waals surface area contributed by atoms with Gasteiger partial charge in [0.15, 0.2) is 0 Å². The number of hydrogen-bond acceptors (Lipinski definition) is 3. The van der Waals surface area contributed by atoms with Gasteiger partial charge in [0, 0.05) is 25.1 Å². The number of nitrogens with one attached hydrogen (secondary N) is 2. The fraction of sp³-hybridized carbons (Fsp3) is 0.500. The molecule has 0 spiro atoms. The molecular weight excluding hydrogens is 266 g/mol. The first-order valence-corrected chi connectivity index (χ1v) is 7.38. The van der Waals surface area contributed by atoms with Crippen LogP contribution in [0.4, 0.5) is 5.69 Å². The van der Waals surface area contributed by atoms with Crippen LogP contribution in [0.5, 0.6) is 0 Å². The molecule has 5 heteroatoms. The topological polar surface area (TPSA) is 84.2 Å². The predicted octanol–water partition coefficient (Wildman–Crippen LogP) is 1.95. The molecule has 1 fully saturated rings. The van der Waals surface area contributed by atoms with E-state index in [0.29, 0.717) is 12.3 Å². The second-order valence-electron chi connectivity index (χ2n) is 5.80. The molecule has 1 aliphatic rings. The number of benzene rings is 1. The molecule has 2 rings (SSSR count). The van der Waals surface area contributed by atoms with E-state index >= 15 is 0 Å². The van der Waals surface area contributed by atoms with E-state index in [1.807, 2.05) is 31.2 Å². The van der Waals surface area contributed by atoms with Crippen LogP contribution >= 0.6 is 0 Å². The summed E-state index contributed by atoms with van der Waals surface area (Å²) in [5.41, 5.74) is 7.65. The van der Waals surface area contributed by atoms with E-state index in [0.717, 1.165) is 24.1 Å². The van der Waals surface area contributed by atoms with E-state index in [1.165, 1.54) is 6.92 Å². The molecule has 1 aromatic carbocycles. The average Bonchev–Trinajstić information content (AvgIpc) is 3.22. The Bertz CT molecular complexity index is 526. The lowest BCUT2D eigenvalue weighted by molar-refractivity contribution is -0.122. The summed E-state index contributed by atoms with van der Waals surface area (Å²) in [7, 11) is 0. The van der Waals surface area contributed by atoms with Gasteiger partial charge in [-0.3, -0.25) is 9.59 Å². The van der Waals surface area contributed by atoms with Gasteiger partial charge in [0.1, 0.15) is 0 Å². The van der Waals surface area contributed by atoms with E-state index in [-0.39, 0.29) is 23.9 Å². The molecule has 2 unspecified atom stereocenters. The summed E-state index contributed by atoms with van der Waals surface area (Å²) in [4.78, 5) is 23.0. The van der Waals surface area contributed by atoms with Gasteiger partial charge in [-0.25, -0.2) is 0 Å². The van der Waals surface area contributed by atoms with Crippen LogP contribution < -0.4 is 16.4 Å². The van der Waals surface area contributed by atoms with Crippen LogP contribution in [-0.2, 0) is 9.59 Å². The molecule has 21 heavy (non-hydrogen) atoms. The minimum Gasteiger partial charge on any atom is -0.350 e. The molecule has 0 saturated heterocycles. The maximum Gasteiger partial charge on any atom is 0.222 e. The average molecular weight is 289 g/mol. The summed E-state index contributed by atoms with van der Waals surface area (Å²) in [5, 5.41) is 5.70. The molecule has 0 aliphatic heterocycles. The third kappa shape index (κ3) is 4.86. The number of hydrogen-bond donors (Lipinski definition) is 3. The molecule has 1 aromatic rings. The van der Waals surface area contributed by atoms with E-state index in [4.69, 9.17) is 5.73 Å². The fourth-order valence-corrected chi connectivity index (χ4v) is 2.38. The summed E-state index contributed by atoms with van der Waals surface area (Å²) >= 11 is 0. The molecule has 1 saturated carbocycles. The van der Waals surface area contributed by atoms with Crippen molar-refractivity contribution in [1.82, 2.24) is 5.32 Å². The van der Waals surface area contributed by atoms with Crippen LogP contribution in [0.15, 0.2) is 24.3 Å². The normalized spacial score (nSPS) is 16.9. The molecule has 1 aliphatic carbocycles. The lowest BCUT2D eigenvalue weighted by atomic mass is 10.1. The van der Waals surface area contributed by atoms with Crippen molar-refractivity contribution < 1.29 is 9.59 Å². The van der Waals surface area contributed by atoms with Crippen molar-refractivity contribution in [2.45, 2.75) is 45.2 Å². The SMILES string of the molecule is CC(=O)Nc1cccc(C(C)NC(=O)CC(N)C2CC2)c1. The number of nitrogens with two attached hydrogens (primary N) is 1. The van der Waals surface area contributed by atoms with Crippen molar-refractivity contribution >= 4 is 17.5 Å². The van der Waals surface area contributed by atoms with Crippen molar-refractivity contribution in [3.05, 3.63) is 29.8 Å². The Kier molecular flexibility index (Phi) is 4.96. The zero-order valence-electron chi connectivity index (χ0n) is 12.6. The van der Waals surface area contributed by atoms with Crippen LogP contribution in [0.25, 0.3) is 0 Å². The number of rotatable bonds is 6. The lowest BCUT2D eigenvalue weighted by Crippen LogP contribution is -2.34. The quantitative estimate of drug-likeness (QED) is 0.748. The Morgan fingerprint density at radius 3 is 2.71 bits per heavy atom. The third-order valence-corrected chi connectivity index (χ3v) is 3.73. The Balaban J connectivity index is 1.90. The highest BCUT2D eigenvalue weighted by atomic mass is 16.2. The minimum atomic E-state index is -0.113. The molecule has 114 valence electrons. The van der Waals surface area contributed by atoms with Gasteiger partial charge in [-0.15, -0.1) is 0 Å². The number of carbonyl (C=O) groups excluding carboxylic acids is 2. The summed E-state index contributed by atoms with van der Waals surface area (Å²) in [6, 6.07) is 7.34. The van der Waals surface area contributed by atoms with E-state index in [9.17, 15) is 9.59 Å². The number of anilines is 1. The van der Waals surface area contributed by atoms with Crippen LogP contribution in [0.1, 0.15) is 44.7 Å². The molecular formula is C16H23N3O2. The van der Waals surface area contributed by atoms with Crippen LogP contribution in [0, 0.1) is 5.92 Å². The van der Waals surface area contributed by atoms with Gasteiger partial charge in [0.05, 0.1) is 6.04 Å². The highest BCUT2D eigenvalue weighted by molar-refractivity contribution is 5.88. The maximum atomic E-state index is 12.0. The van der Waals surface area contributed by atoms with E-state index in [2.05, 4.69) is 10.6 Å². The fourth-order valence-electron chi connectivity index (χ4n) is 2.38. The summed E-state index contributed by atoms with van der Waals surface area (Å²) < 4.78 is 0. The standard InChI is InChI=1S/C16H23N3O2/c1-10(18-16(21)9-15(17)12-6-7-12)13-4-3-5-14(8-13)19-11(2)20/h3-5,8,10,12,15H,6-7,9,17H2,1-2H3,(H,18,21)(H,19,20). The molecule has 0 bridgehead atoms. The van der Waals surface area contributed by atoms with Crippen molar-refractivity contribution in [2.24, 2.45) is 11.7 Å². The Morgan fingerprint density at radius 2 is 2.10 bits per heavy atom. The molecule has 2 amide bonds. The second-order valence-corrected chi connectivity index (χ2v) is 5.80. The van der Waals surface area contributed by atoms with E-state index < -0.39 is 0 Å². The van der Waals surface area contributed by atoms with Gasteiger partial charge in [0.2, 0.25) is 11.8 Å². The highest BCUT2D eigenvalue weighted by Gasteiger charge is 2.30. The highest BCUT2D eigenvalue weighted by Crippen LogP contribution is 2.32. The van der Waals surface area contributed by atoms with Crippen LogP contribution in [0.3, 0.4) is 0 Å². The van der Waals surface area contributed by atoms with E-state index in [1.54, 1.807) is 0 Å². The Hall–Kier alpha value is -1.88. The van der Waals surface area contributed by atoms with Crippen molar-refractivity contribution in [3.8, 4) is 0 Å².